The number of pyridine rings is 2. The van der Waals surface area contributed by atoms with Crippen LogP contribution in [0, 0.1) is 0 Å². The van der Waals surface area contributed by atoms with Crippen molar-refractivity contribution in [1.82, 2.24) is 19.1 Å². The number of hydrogen-bond acceptors (Lipinski definition) is 2. The van der Waals surface area contributed by atoms with Crippen molar-refractivity contribution in [1.29, 1.82) is 0 Å². The minimum atomic E-state index is 0.861. The second-order valence-electron chi connectivity index (χ2n) is 6.34. The molecule has 0 spiro atoms. The van der Waals surface area contributed by atoms with E-state index in [1.165, 1.54) is 16.8 Å². The molecule has 0 N–H and O–H groups in total. The average Bonchev–Trinajstić information content (AvgIpc) is 3.30. The summed E-state index contributed by atoms with van der Waals surface area (Å²) in [6.07, 6.45) is 9.81. The third kappa shape index (κ3) is 1.59. The van der Waals surface area contributed by atoms with Gasteiger partial charge in [0.25, 0.3) is 0 Å². The van der Waals surface area contributed by atoms with Gasteiger partial charge in [-0.1, -0.05) is 18.2 Å². The highest BCUT2D eigenvalue weighted by atomic mass is 15.3. The number of nitrogens with zero attached hydrogens (tertiary/aromatic N) is 5. The van der Waals surface area contributed by atoms with Crippen LogP contribution in [0.2, 0.25) is 0 Å². The van der Waals surface area contributed by atoms with Gasteiger partial charge in [0.2, 0.25) is 0 Å². The van der Waals surface area contributed by atoms with Gasteiger partial charge in [0.05, 0.1) is 12.7 Å². The zero-order valence-corrected chi connectivity index (χ0v) is 13.4. The van der Waals surface area contributed by atoms with Crippen molar-refractivity contribution < 1.29 is 4.40 Å². The summed E-state index contributed by atoms with van der Waals surface area (Å²) in [5.74, 6) is 1.14. The van der Waals surface area contributed by atoms with E-state index in [0.29, 0.717) is 0 Å². The van der Waals surface area contributed by atoms with Crippen LogP contribution in [0.4, 0.5) is 0 Å². The van der Waals surface area contributed by atoms with Crippen LogP contribution in [0.15, 0.2) is 73.4 Å². The smallest absolute Gasteiger partial charge is 0.264 e. The highest BCUT2D eigenvalue weighted by Crippen LogP contribution is 2.33. The molecule has 5 heterocycles. The van der Waals surface area contributed by atoms with Crippen molar-refractivity contribution in [3.8, 4) is 16.9 Å². The van der Waals surface area contributed by atoms with Gasteiger partial charge in [-0.2, -0.15) is 8.97 Å². The second kappa shape index (κ2) is 4.54. The molecule has 5 aromatic rings. The molecular formula is C20H14N5+. The molecule has 25 heavy (non-hydrogen) atoms. The zero-order chi connectivity index (χ0) is 16.4. The van der Waals surface area contributed by atoms with Crippen LogP contribution in [-0.4, -0.2) is 19.1 Å². The maximum atomic E-state index is 4.34. The SMILES string of the molecule is c1ccc(-n2c3ccncc3[n+]3cc4n(c23)Cc2ccncc2-4)cc1. The van der Waals surface area contributed by atoms with Crippen LogP contribution in [0.3, 0.4) is 0 Å². The summed E-state index contributed by atoms with van der Waals surface area (Å²) in [7, 11) is 0. The van der Waals surface area contributed by atoms with Crippen LogP contribution in [-0.2, 0) is 6.54 Å². The second-order valence-corrected chi connectivity index (χ2v) is 6.34. The molecule has 1 aliphatic heterocycles. The summed E-state index contributed by atoms with van der Waals surface area (Å²) >= 11 is 0. The van der Waals surface area contributed by atoms with Crippen LogP contribution in [0.1, 0.15) is 5.56 Å². The molecule has 0 amide bonds. The predicted octanol–water partition coefficient (Wildman–Crippen LogP) is 2.99. The fraction of sp³-hybridized carbons (Fsp3) is 0.0500. The van der Waals surface area contributed by atoms with Gasteiger partial charge in [-0.05, 0) is 24.3 Å². The molecule has 4 aromatic heterocycles. The molecule has 0 saturated heterocycles. The van der Waals surface area contributed by atoms with E-state index in [1.807, 2.05) is 30.9 Å². The lowest BCUT2D eigenvalue weighted by molar-refractivity contribution is -0.480. The minimum Gasteiger partial charge on any atom is -0.264 e. The van der Waals surface area contributed by atoms with Gasteiger partial charge in [0.15, 0.2) is 5.52 Å². The summed E-state index contributed by atoms with van der Waals surface area (Å²) in [4.78, 5) is 8.65. The molecular weight excluding hydrogens is 310 g/mol. The summed E-state index contributed by atoms with van der Waals surface area (Å²) in [6, 6.07) is 14.7. The van der Waals surface area contributed by atoms with Crippen molar-refractivity contribution in [3.05, 3.63) is 79.0 Å². The highest BCUT2D eigenvalue weighted by molar-refractivity contribution is 5.79. The van der Waals surface area contributed by atoms with Crippen LogP contribution >= 0.6 is 0 Å². The molecule has 0 aliphatic carbocycles. The molecule has 1 aliphatic rings. The van der Waals surface area contributed by atoms with E-state index in [9.17, 15) is 0 Å². The highest BCUT2D eigenvalue weighted by Gasteiger charge is 2.32. The Morgan fingerprint density at radius 2 is 1.76 bits per heavy atom. The van der Waals surface area contributed by atoms with Gasteiger partial charge in [0.1, 0.15) is 23.1 Å². The van der Waals surface area contributed by atoms with Crippen LogP contribution in [0.5, 0.6) is 0 Å². The molecule has 0 radical (unpaired) electrons. The van der Waals surface area contributed by atoms with Crippen molar-refractivity contribution in [2.45, 2.75) is 6.54 Å². The van der Waals surface area contributed by atoms with Gasteiger partial charge >= 0.3 is 5.78 Å². The number of imidazole rings is 2. The normalized spacial score (nSPS) is 12.6. The van der Waals surface area contributed by atoms with Gasteiger partial charge in [-0.15, -0.1) is 0 Å². The van der Waals surface area contributed by atoms with Crippen LogP contribution in [0.25, 0.3) is 33.8 Å². The maximum Gasteiger partial charge on any atom is 0.375 e. The van der Waals surface area contributed by atoms with Gasteiger partial charge in [-0.3, -0.25) is 9.97 Å². The molecule has 0 unspecified atom stereocenters. The van der Waals surface area contributed by atoms with Crippen molar-refractivity contribution in [2.75, 3.05) is 0 Å². The van der Waals surface area contributed by atoms with Crippen molar-refractivity contribution >= 4 is 16.8 Å². The Morgan fingerprint density at radius 1 is 0.920 bits per heavy atom. The van der Waals surface area contributed by atoms with Crippen LogP contribution < -0.4 is 4.40 Å². The Morgan fingerprint density at radius 3 is 2.68 bits per heavy atom. The number of hydrogen-bond donors (Lipinski definition) is 0. The van der Waals surface area contributed by atoms with E-state index < -0.39 is 0 Å². The van der Waals surface area contributed by atoms with E-state index in [-0.39, 0.29) is 0 Å². The van der Waals surface area contributed by atoms with Crippen molar-refractivity contribution in [3.63, 3.8) is 0 Å². The molecule has 0 saturated carbocycles. The molecule has 5 nitrogen and oxygen atoms in total. The zero-order valence-electron chi connectivity index (χ0n) is 13.4. The lowest BCUT2D eigenvalue weighted by Gasteiger charge is -2.01. The summed E-state index contributed by atoms with van der Waals surface area (Å²) in [5.41, 5.74) is 7.14. The fourth-order valence-electron chi connectivity index (χ4n) is 3.92. The van der Waals surface area contributed by atoms with Gasteiger partial charge < -0.3 is 0 Å². The minimum absolute atomic E-state index is 0.861. The molecule has 0 fully saturated rings. The largest absolute Gasteiger partial charge is 0.375 e. The van der Waals surface area contributed by atoms with E-state index >= 15 is 0 Å². The maximum absolute atomic E-state index is 4.34. The third-order valence-electron chi connectivity index (χ3n) is 5.01. The molecule has 0 bridgehead atoms. The number of para-hydroxylation sites is 1. The average molecular weight is 324 g/mol. The third-order valence-corrected chi connectivity index (χ3v) is 5.01. The monoisotopic (exact) mass is 324 g/mol. The quantitative estimate of drug-likeness (QED) is 0.436. The van der Waals surface area contributed by atoms with Gasteiger partial charge in [-0.25, -0.2) is 4.57 Å². The van der Waals surface area contributed by atoms with E-state index in [2.05, 4.69) is 66.1 Å². The number of aromatic nitrogens is 5. The first-order chi connectivity index (χ1) is 12.4. The predicted molar refractivity (Wildman–Crippen MR) is 94.6 cm³/mol. The first-order valence-electron chi connectivity index (χ1n) is 8.30. The van der Waals surface area contributed by atoms with E-state index in [1.54, 1.807) is 0 Å². The molecule has 118 valence electrons. The summed E-state index contributed by atoms with van der Waals surface area (Å²) in [6.45, 7) is 0.861. The lowest BCUT2D eigenvalue weighted by atomic mass is 10.1. The number of rotatable bonds is 1. The fourth-order valence-corrected chi connectivity index (χ4v) is 3.92. The Hall–Kier alpha value is -3.47. The Bertz CT molecular complexity index is 1260. The summed E-state index contributed by atoms with van der Waals surface area (Å²) < 4.78 is 6.90. The molecule has 0 atom stereocenters. The van der Waals surface area contributed by atoms with Crippen molar-refractivity contribution in [2.24, 2.45) is 0 Å². The molecule has 6 rings (SSSR count). The first kappa shape index (κ1) is 12.9. The molecule has 5 heteroatoms. The molecule has 1 aromatic carbocycles. The lowest BCUT2D eigenvalue weighted by Crippen LogP contribution is -2.19. The topological polar surface area (TPSA) is 39.7 Å². The van der Waals surface area contributed by atoms with E-state index in [4.69, 9.17) is 0 Å². The standard InChI is InChI=1S/C20H14N5/c1-2-4-15(5-3-1)25-17-7-9-22-11-18(17)24-13-19-16-10-21-8-6-14(16)12-23(19)20(24)25/h1-11,13H,12H2/q+1. The van der Waals surface area contributed by atoms with E-state index in [0.717, 1.165) is 29.0 Å². The Balaban J connectivity index is 1.79. The Kier molecular flexibility index (Phi) is 2.34. The first-order valence-corrected chi connectivity index (χ1v) is 8.30. The Labute approximate surface area is 143 Å². The number of benzene rings is 1. The number of fused-ring (bicyclic) bond motifs is 7. The van der Waals surface area contributed by atoms with Gasteiger partial charge in [0, 0.05) is 29.7 Å². The summed E-state index contributed by atoms with van der Waals surface area (Å²) in [5, 5.41) is 0.